The fourth-order valence-electron chi connectivity index (χ4n) is 2.38. The maximum atomic E-state index is 13.4. The summed E-state index contributed by atoms with van der Waals surface area (Å²) in [6.07, 6.45) is 0.681. The molecule has 1 aromatic heterocycles. The molecule has 98 valence electrons. The summed E-state index contributed by atoms with van der Waals surface area (Å²) in [4.78, 5) is 19.2. The molecule has 1 aliphatic rings. The molecule has 2 N–H and O–H groups in total. The fourth-order valence-corrected chi connectivity index (χ4v) is 2.38. The van der Waals surface area contributed by atoms with Crippen LogP contribution in [0.2, 0.25) is 0 Å². The van der Waals surface area contributed by atoms with E-state index in [2.05, 4.69) is 15.3 Å². The summed E-state index contributed by atoms with van der Waals surface area (Å²) in [5, 5.41) is 3.18. The first kappa shape index (κ1) is 12.0. The normalized spacial score (nSPS) is 14.2. The van der Waals surface area contributed by atoms with Crippen molar-refractivity contribution in [3.63, 3.8) is 0 Å². The predicted octanol–water partition coefficient (Wildman–Crippen LogP) is 1.53. The molecule has 0 spiro atoms. The fraction of sp³-hybridized carbons (Fsp3) is 0.286. The lowest BCUT2D eigenvalue weighted by molar-refractivity contribution is 0.618. The van der Waals surface area contributed by atoms with Crippen LogP contribution in [0.15, 0.2) is 23.0 Å². The number of aromatic amines is 1. The lowest BCUT2D eigenvalue weighted by atomic mass is 10.1. The third-order valence-corrected chi connectivity index (χ3v) is 3.26. The molecular weight excluding hydrogens is 245 g/mol. The SMILES string of the molecule is Cc1cc(F)cc(-c2nc3c(c(=O)[nH]2)CCNC3)c1. The zero-order valence-electron chi connectivity index (χ0n) is 10.6. The van der Waals surface area contributed by atoms with Crippen molar-refractivity contribution in [1.29, 1.82) is 0 Å². The van der Waals surface area contributed by atoms with E-state index in [1.165, 1.54) is 12.1 Å². The summed E-state index contributed by atoms with van der Waals surface area (Å²) in [7, 11) is 0. The van der Waals surface area contributed by atoms with Gasteiger partial charge in [0.1, 0.15) is 11.6 Å². The number of benzene rings is 1. The minimum absolute atomic E-state index is 0.122. The summed E-state index contributed by atoms with van der Waals surface area (Å²) in [6.45, 7) is 3.18. The number of nitrogens with one attached hydrogen (secondary N) is 2. The molecule has 0 atom stereocenters. The Hall–Kier alpha value is -2.01. The second-order valence-electron chi connectivity index (χ2n) is 4.78. The highest BCUT2D eigenvalue weighted by atomic mass is 19.1. The highest BCUT2D eigenvalue weighted by Crippen LogP contribution is 2.19. The van der Waals surface area contributed by atoms with Crippen LogP contribution in [0.1, 0.15) is 16.8 Å². The van der Waals surface area contributed by atoms with Crippen molar-refractivity contribution in [2.24, 2.45) is 0 Å². The third-order valence-electron chi connectivity index (χ3n) is 3.26. The van der Waals surface area contributed by atoms with E-state index in [1.54, 1.807) is 0 Å². The molecule has 1 aliphatic heterocycles. The number of H-pyrrole nitrogens is 1. The average molecular weight is 259 g/mol. The van der Waals surface area contributed by atoms with Crippen molar-refractivity contribution in [1.82, 2.24) is 15.3 Å². The van der Waals surface area contributed by atoms with Gasteiger partial charge in [-0.3, -0.25) is 4.79 Å². The molecule has 0 amide bonds. The van der Waals surface area contributed by atoms with Crippen molar-refractivity contribution in [3.8, 4) is 11.4 Å². The molecule has 0 unspecified atom stereocenters. The monoisotopic (exact) mass is 259 g/mol. The topological polar surface area (TPSA) is 57.8 Å². The van der Waals surface area contributed by atoms with E-state index in [0.29, 0.717) is 24.4 Å². The van der Waals surface area contributed by atoms with Gasteiger partial charge in [0.25, 0.3) is 5.56 Å². The van der Waals surface area contributed by atoms with Crippen molar-refractivity contribution < 1.29 is 4.39 Å². The van der Waals surface area contributed by atoms with Crippen LogP contribution in [-0.4, -0.2) is 16.5 Å². The minimum atomic E-state index is -0.325. The standard InChI is InChI=1S/C14H14FN3O/c1-8-4-9(6-10(15)5-8)13-17-12-7-16-3-2-11(12)14(19)18-13/h4-6,16H,2-3,7H2,1H3,(H,17,18,19). The van der Waals surface area contributed by atoms with Gasteiger partial charge in [-0.25, -0.2) is 9.37 Å². The Labute approximate surface area is 109 Å². The van der Waals surface area contributed by atoms with Gasteiger partial charge in [-0.2, -0.15) is 0 Å². The van der Waals surface area contributed by atoms with Gasteiger partial charge in [0.15, 0.2) is 0 Å². The summed E-state index contributed by atoms with van der Waals surface area (Å²) in [5.41, 5.74) is 2.77. The van der Waals surface area contributed by atoms with Gasteiger partial charge >= 0.3 is 0 Å². The quantitative estimate of drug-likeness (QED) is 0.816. The van der Waals surface area contributed by atoms with Crippen LogP contribution >= 0.6 is 0 Å². The third kappa shape index (κ3) is 2.29. The Kier molecular flexibility index (Phi) is 2.91. The summed E-state index contributed by atoms with van der Waals surface area (Å²) >= 11 is 0. The molecule has 0 aliphatic carbocycles. The average Bonchev–Trinajstić information content (AvgIpc) is 2.37. The lowest BCUT2D eigenvalue weighted by Gasteiger charge is -2.16. The van der Waals surface area contributed by atoms with E-state index in [0.717, 1.165) is 23.4 Å². The number of fused-ring (bicyclic) bond motifs is 1. The van der Waals surface area contributed by atoms with Crippen molar-refractivity contribution >= 4 is 0 Å². The maximum Gasteiger partial charge on any atom is 0.254 e. The van der Waals surface area contributed by atoms with E-state index < -0.39 is 0 Å². The van der Waals surface area contributed by atoms with Crippen LogP contribution < -0.4 is 10.9 Å². The zero-order chi connectivity index (χ0) is 13.4. The van der Waals surface area contributed by atoms with E-state index in [4.69, 9.17) is 0 Å². The molecule has 0 saturated heterocycles. The summed E-state index contributed by atoms with van der Waals surface area (Å²) in [6, 6.07) is 4.64. The lowest BCUT2D eigenvalue weighted by Crippen LogP contribution is -2.31. The Morgan fingerprint density at radius 2 is 2.16 bits per heavy atom. The second kappa shape index (κ2) is 4.59. The van der Waals surface area contributed by atoms with Crippen LogP contribution in [0.25, 0.3) is 11.4 Å². The van der Waals surface area contributed by atoms with Gasteiger partial charge in [0.05, 0.1) is 5.69 Å². The van der Waals surface area contributed by atoms with Gasteiger partial charge < -0.3 is 10.3 Å². The van der Waals surface area contributed by atoms with E-state index in [-0.39, 0.29) is 11.4 Å². The molecule has 0 saturated carbocycles. The first-order valence-corrected chi connectivity index (χ1v) is 6.24. The molecule has 19 heavy (non-hydrogen) atoms. The van der Waals surface area contributed by atoms with E-state index in [9.17, 15) is 9.18 Å². The van der Waals surface area contributed by atoms with Crippen LogP contribution in [-0.2, 0) is 13.0 Å². The molecule has 2 aromatic rings. The van der Waals surface area contributed by atoms with Crippen LogP contribution in [0.4, 0.5) is 4.39 Å². The predicted molar refractivity (Wildman–Crippen MR) is 70.4 cm³/mol. The second-order valence-corrected chi connectivity index (χ2v) is 4.78. The minimum Gasteiger partial charge on any atom is -0.311 e. The van der Waals surface area contributed by atoms with Gasteiger partial charge in [0.2, 0.25) is 0 Å². The van der Waals surface area contributed by atoms with E-state index >= 15 is 0 Å². The van der Waals surface area contributed by atoms with Crippen molar-refractivity contribution in [3.05, 3.63) is 51.2 Å². The van der Waals surface area contributed by atoms with Crippen molar-refractivity contribution in [2.45, 2.75) is 19.9 Å². The van der Waals surface area contributed by atoms with Gasteiger partial charge in [-0.05, 0) is 43.7 Å². The van der Waals surface area contributed by atoms with Gasteiger partial charge in [0, 0.05) is 17.7 Å². The Balaban J connectivity index is 2.15. The number of halogens is 1. The van der Waals surface area contributed by atoms with Gasteiger partial charge in [-0.15, -0.1) is 0 Å². The molecule has 1 aromatic carbocycles. The number of nitrogens with zero attached hydrogens (tertiary/aromatic N) is 1. The molecule has 0 bridgehead atoms. The Morgan fingerprint density at radius 3 is 2.95 bits per heavy atom. The Bertz CT molecular complexity index is 673. The first-order valence-electron chi connectivity index (χ1n) is 6.24. The number of rotatable bonds is 1. The largest absolute Gasteiger partial charge is 0.311 e. The molecule has 2 heterocycles. The smallest absolute Gasteiger partial charge is 0.254 e. The highest BCUT2D eigenvalue weighted by molar-refractivity contribution is 5.56. The zero-order valence-corrected chi connectivity index (χ0v) is 10.6. The molecule has 0 fully saturated rings. The molecular formula is C14H14FN3O. The van der Waals surface area contributed by atoms with E-state index in [1.807, 2.05) is 13.0 Å². The number of aromatic nitrogens is 2. The number of aryl methyl sites for hydroxylation is 1. The Morgan fingerprint density at radius 1 is 1.32 bits per heavy atom. The van der Waals surface area contributed by atoms with Gasteiger partial charge in [-0.1, -0.05) is 0 Å². The highest BCUT2D eigenvalue weighted by Gasteiger charge is 2.16. The summed E-state index contributed by atoms with van der Waals surface area (Å²) < 4.78 is 13.4. The summed E-state index contributed by atoms with van der Waals surface area (Å²) in [5.74, 6) is 0.101. The maximum absolute atomic E-state index is 13.4. The van der Waals surface area contributed by atoms with Crippen LogP contribution in [0.5, 0.6) is 0 Å². The molecule has 3 rings (SSSR count). The number of hydrogen-bond donors (Lipinski definition) is 2. The van der Waals surface area contributed by atoms with Crippen LogP contribution in [0, 0.1) is 12.7 Å². The molecule has 0 radical (unpaired) electrons. The number of hydrogen-bond acceptors (Lipinski definition) is 3. The molecule has 5 heteroatoms. The van der Waals surface area contributed by atoms with Crippen molar-refractivity contribution in [2.75, 3.05) is 6.54 Å². The molecule has 4 nitrogen and oxygen atoms in total. The van der Waals surface area contributed by atoms with Crippen LogP contribution in [0.3, 0.4) is 0 Å². The first-order chi connectivity index (χ1) is 9.13.